The fourth-order valence-electron chi connectivity index (χ4n) is 2.72. The highest BCUT2D eigenvalue weighted by Gasteiger charge is 2.11. The first-order valence-electron chi connectivity index (χ1n) is 9.02. The summed E-state index contributed by atoms with van der Waals surface area (Å²) < 4.78 is 10.4. The highest BCUT2D eigenvalue weighted by atomic mass is 16.5. The summed E-state index contributed by atoms with van der Waals surface area (Å²) in [7, 11) is 1.64. The van der Waals surface area contributed by atoms with Gasteiger partial charge in [-0.1, -0.05) is 12.1 Å². The average molecular weight is 371 g/mol. The maximum atomic E-state index is 12.1. The van der Waals surface area contributed by atoms with Crippen molar-refractivity contribution in [1.82, 2.24) is 20.2 Å². The van der Waals surface area contributed by atoms with Crippen LogP contribution in [-0.2, 0) is 11.3 Å². The van der Waals surface area contributed by atoms with Gasteiger partial charge in [-0.05, 0) is 17.7 Å². The predicted molar refractivity (Wildman–Crippen MR) is 102 cm³/mol. The van der Waals surface area contributed by atoms with Crippen molar-refractivity contribution in [2.45, 2.75) is 6.54 Å². The van der Waals surface area contributed by atoms with Crippen molar-refractivity contribution in [3.8, 4) is 5.75 Å². The number of aromatic nitrogens is 2. The number of benzene rings is 1. The third kappa shape index (κ3) is 5.90. The number of ether oxygens (including phenoxy) is 2. The lowest BCUT2D eigenvalue weighted by atomic mass is 10.2. The fraction of sp³-hybridized carbons (Fsp3) is 0.421. The lowest BCUT2D eigenvalue weighted by Gasteiger charge is -2.26. The Morgan fingerprint density at radius 3 is 2.63 bits per heavy atom. The molecular weight excluding hydrogens is 346 g/mol. The number of morpholine rings is 1. The minimum atomic E-state index is -0.211. The Morgan fingerprint density at radius 1 is 1.19 bits per heavy atom. The molecule has 27 heavy (non-hydrogen) atoms. The largest absolute Gasteiger partial charge is 0.497 e. The molecule has 0 saturated carbocycles. The van der Waals surface area contributed by atoms with Crippen molar-refractivity contribution in [2.75, 3.05) is 51.8 Å². The second-order valence-corrected chi connectivity index (χ2v) is 6.20. The molecular formula is C19H25N5O3. The molecule has 144 valence electrons. The van der Waals surface area contributed by atoms with Gasteiger partial charge in [-0.2, -0.15) is 0 Å². The van der Waals surface area contributed by atoms with Gasteiger partial charge in [0.25, 0.3) is 5.91 Å². The van der Waals surface area contributed by atoms with E-state index in [2.05, 4.69) is 25.5 Å². The van der Waals surface area contributed by atoms with Crippen LogP contribution in [0.15, 0.2) is 36.7 Å². The molecule has 1 aliphatic rings. The van der Waals surface area contributed by atoms with E-state index in [1.54, 1.807) is 13.3 Å². The van der Waals surface area contributed by atoms with Crippen LogP contribution in [0.4, 0.5) is 5.82 Å². The number of anilines is 1. The number of carbonyl (C=O) groups excluding carboxylic acids is 1. The number of rotatable bonds is 8. The van der Waals surface area contributed by atoms with Crippen LogP contribution in [-0.4, -0.2) is 67.3 Å². The minimum Gasteiger partial charge on any atom is -0.497 e. The Bertz CT molecular complexity index is 715. The van der Waals surface area contributed by atoms with Gasteiger partial charge in [0.15, 0.2) is 0 Å². The monoisotopic (exact) mass is 371 g/mol. The molecule has 1 fully saturated rings. The Labute approximate surface area is 158 Å². The van der Waals surface area contributed by atoms with Gasteiger partial charge < -0.3 is 20.1 Å². The molecule has 3 rings (SSSR count). The fourth-order valence-corrected chi connectivity index (χ4v) is 2.72. The summed E-state index contributed by atoms with van der Waals surface area (Å²) in [6.07, 6.45) is 3.06. The van der Waals surface area contributed by atoms with Gasteiger partial charge in [0, 0.05) is 32.7 Å². The van der Waals surface area contributed by atoms with Crippen LogP contribution in [0.5, 0.6) is 5.75 Å². The van der Waals surface area contributed by atoms with Crippen LogP contribution >= 0.6 is 0 Å². The van der Waals surface area contributed by atoms with Gasteiger partial charge in [-0.15, -0.1) is 0 Å². The number of nitrogens with zero attached hydrogens (tertiary/aromatic N) is 3. The first kappa shape index (κ1) is 19.1. The number of carbonyl (C=O) groups is 1. The highest BCUT2D eigenvalue weighted by molar-refractivity contribution is 5.91. The molecule has 0 unspecified atom stereocenters. The van der Waals surface area contributed by atoms with E-state index in [-0.39, 0.29) is 5.91 Å². The van der Waals surface area contributed by atoms with E-state index in [9.17, 15) is 4.79 Å². The second-order valence-electron chi connectivity index (χ2n) is 6.20. The maximum absolute atomic E-state index is 12.1. The predicted octanol–water partition coefficient (Wildman–Crippen LogP) is 1.16. The molecule has 1 saturated heterocycles. The molecule has 0 atom stereocenters. The van der Waals surface area contributed by atoms with Crippen LogP contribution in [0.3, 0.4) is 0 Å². The molecule has 2 aromatic rings. The van der Waals surface area contributed by atoms with E-state index >= 15 is 0 Å². The maximum Gasteiger partial charge on any atom is 0.271 e. The summed E-state index contributed by atoms with van der Waals surface area (Å²) in [5.74, 6) is 1.23. The molecule has 0 aliphatic carbocycles. The summed E-state index contributed by atoms with van der Waals surface area (Å²) in [6, 6.07) is 7.78. The normalized spacial score (nSPS) is 14.6. The number of hydrogen-bond donors (Lipinski definition) is 2. The van der Waals surface area contributed by atoms with Gasteiger partial charge in [0.1, 0.15) is 17.3 Å². The lowest BCUT2D eigenvalue weighted by molar-refractivity contribution is 0.0383. The first-order valence-corrected chi connectivity index (χ1v) is 9.02. The molecule has 1 amide bonds. The van der Waals surface area contributed by atoms with E-state index in [1.807, 2.05) is 24.3 Å². The molecule has 2 heterocycles. The third-order valence-electron chi connectivity index (χ3n) is 4.33. The van der Waals surface area contributed by atoms with Crippen molar-refractivity contribution in [1.29, 1.82) is 0 Å². The smallest absolute Gasteiger partial charge is 0.271 e. The Kier molecular flexibility index (Phi) is 6.95. The third-order valence-corrected chi connectivity index (χ3v) is 4.33. The molecule has 8 heteroatoms. The summed E-state index contributed by atoms with van der Waals surface area (Å²) in [5, 5.41) is 6.06. The van der Waals surface area contributed by atoms with Crippen LogP contribution in [0.2, 0.25) is 0 Å². The molecule has 0 spiro atoms. The lowest BCUT2D eigenvalue weighted by Crippen LogP contribution is -2.41. The molecule has 0 radical (unpaired) electrons. The summed E-state index contributed by atoms with van der Waals surface area (Å²) in [5.41, 5.74) is 1.41. The van der Waals surface area contributed by atoms with E-state index in [1.165, 1.54) is 6.20 Å². The molecule has 1 aromatic carbocycles. The SMILES string of the molecule is COc1ccc(CNc2cnc(C(=O)NCCN3CCOCC3)cn2)cc1. The van der Waals surface area contributed by atoms with Crippen LogP contribution in [0, 0.1) is 0 Å². The van der Waals surface area contributed by atoms with Gasteiger partial charge in [-0.3, -0.25) is 9.69 Å². The number of methoxy groups -OCH3 is 1. The molecule has 2 N–H and O–H groups in total. The van der Waals surface area contributed by atoms with E-state index in [4.69, 9.17) is 9.47 Å². The first-order chi connectivity index (χ1) is 13.2. The van der Waals surface area contributed by atoms with E-state index < -0.39 is 0 Å². The Hall–Kier alpha value is -2.71. The van der Waals surface area contributed by atoms with Crippen molar-refractivity contribution >= 4 is 11.7 Å². The molecule has 1 aromatic heterocycles. The summed E-state index contributed by atoms with van der Waals surface area (Å²) in [6.45, 7) is 5.33. The zero-order valence-corrected chi connectivity index (χ0v) is 15.5. The van der Waals surface area contributed by atoms with E-state index in [0.29, 0.717) is 24.6 Å². The van der Waals surface area contributed by atoms with Gasteiger partial charge in [0.2, 0.25) is 0 Å². The zero-order valence-electron chi connectivity index (χ0n) is 15.5. The summed E-state index contributed by atoms with van der Waals surface area (Å²) in [4.78, 5) is 22.9. The standard InChI is InChI=1S/C19H25N5O3/c1-26-16-4-2-15(3-5-16)12-22-18-14-21-17(13-23-18)19(25)20-6-7-24-8-10-27-11-9-24/h2-5,13-14H,6-12H2,1H3,(H,20,25)(H,22,23). The van der Waals surface area contributed by atoms with Crippen molar-refractivity contribution in [3.63, 3.8) is 0 Å². The van der Waals surface area contributed by atoms with E-state index in [0.717, 1.165) is 44.2 Å². The average Bonchev–Trinajstić information content (AvgIpc) is 2.73. The van der Waals surface area contributed by atoms with Gasteiger partial charge in [0.05, 0.1) is 32.7 Å². The van der Waals surface area contributed by atoms with Crippen LogP contribution in [0.1, 0.15) is 16.1 Å². The highest BCUT2D eigenvalue weighted by Crippen LogP contribution is 2.12. The second kappa shape index (κ2) is 9.84. The topological polar surface area (TPSA) is 88.6 Å². The van der Waals surface area contributed by atoms with Crippen LogP contribution < -0.4 is 15.4 Å². The molecule has 8 nitrogen and oxygen atoms in total. The quantitative estimate of drug-likeness (QED) is 0.720. The van der Waals surface area contributed by atoms with Gasteiger partial charge >= 0.3 is 0 Å². The molecule has 1 aliphatic heterocycles. The van der Waals surface area contributed by atoms with Crippen LogP contribution in [0.25, 0.3) is 0 Å². The van der Waals surface area contributed by atoms with Crippen molar-refractivity contribution in [2.24, 2.45) is 0 Å². The number of amides is 1. The molecule has 0 bridgehead atoms. The number of hydrogen-bond acceptors (Lipinski definition) is 7. The minimum absolute atomic E-state index is 0.211. The van der Waals surface area contributed by atoms with Crippen molar-refractivity contribution < 1.29 is 14.3 Å². The Balaban J connectivity index is 1.42. The summed E-state index contributed by atoms with van der Waals surface area (Å²) >= 11 is 0. The zero-order chi connectivity index (χ0) is 18.9. The Morgan fingerprint density at radius 2 is 1.96 bits per heavy atom. The number of nitrogens with one attached hydrogen (secondary N) is 2. The van der Waals surface area contributed by atoms with Crippen molar-refractivity contribution in [3.05, 3.63) is 47.9 Å². The van der Waals surface area contributed by atoms with Gasteiger partial charge in [-0.25, -0.2) is 9.97 Å².